The lowest BCUT2D eigenvalue weighted by molar-refractivity contribution is 0.159. The molecular weight excluding hydrogens is 233 g/mol. The van der Waals surface area contributed by atoms with Gasteiger partial charge in [0.2, 0.25) is 0 Å². The van der Waals surface area contributed by atoms with Crippen LogP contribution in [0.4, 0.5) is 4.79 Å². The van der Waals surface area contributed by atoms with Gasteiger partial charge in [-0.3, -0.25) is 0 Å². The third-order valence-corrected chi connectivity index (χ3v) is 0.920. The zero-order valence-corrected chi connectivity index (χ0v) is 6.84. The first-order valence-electron chi connectivity index (χ1n) is 2.28. The minimum Gasteiger partial charge on any atom is -0.449 e. The van der Waals surface area contributed by atoms with E-state index in [1.54, 1.807) is 0 Å². The van der Waals surface area contributed by atoms with E-state index in [4.69, 9.17) is 0 Å². The Morgan fingerprint density at radius 1 is 1.78 bits per heavy atom. The molecule has 0 spiro atoms. The quantitative estimate of drug-likeness (QED) is 0.441. The van der Waals surface area contributed by atoms with E-state index < -0.39 is 6.09 Å². The van der Waals surface area contributed by atoms with Gasteiger partial charge in [-0.05, 0) is 3.93 Å². The van der Waals surface area contributed by atoms with Crippen LogP contribution in [0, 0.1) is 9.85 Å². The summed E-state index contributed by atoms with van der Waals surface area (Å²) in [4.78, 5) is 9.91. The van der Waals surface area contributed by atoms with Gasteiger partial charge < -0.3 is 10.5 Å². The number of primary amides is 1. The third kappa shape index (κ3) is 7.56. The molecule has 9 heavy (non-hydrogen) atoms. The van der Waals surface area contributed by atoms with Crippen molar-refractivity contribution < 1.29 is 9.53 Å². The normalized spacial score (nSPS) is 7.22. The van der Waals surface area contributed by atoms with Gasteiger partial charge in [0.05, 0.1) is 0 Å². The van der Waals surface area contributed by atoms with E-state index in [-0.39, 0.29) is 6.61 Å². The Morgan fingerprint density at radius 3 is 2.89 bits per heavy atom. The maximum absolute atomic E-state index is 9.91. The molecule has 4 heteroatoms. The minimum atomic E-state index is -0.745. The van der Waals surface area contributed by atoms with Crippen molar-refractivity contribution in [2.24, 2.45) is 5.73 Å². The summed E-state index contributed by atoms with van der Waals surface area (Å²) in [5.74, 6) is 2.71. The van der Waals surface area contributed by atoms with Gasteiger partial charge in [0.25, 0.3) is 0 Å². The number of hydrogen-bond donors (Lipinski definition) is 1. The van der Waals surface area contributed by atoms with E-state index >= 15 is 0 Å². The Bertz CT molecular complexity index is 147. The number of carbonyl (C=O) groups excluding carboxylic acids is 1. The molecule has 0 aromatic rings. The standard InChI is InChI=1S/C5H6INO2/c6-3-1-2-4-9-5(7)8/h2,4H2,(H2,7,8). The molecule has 0 aliphatic carbocycles. The lowest BCUT2D eigenvalue weighted by Gasteiger charge is -1.93. The lowest BCUT2D eigenvalue weighted by atomic mass is 10.5. The van der Waals surface area contributed by atoms with Crippen LogP contribution in [0.2, 0.25) is 0 Å². The third-order valence-electron chi connectivity index (χ3n) is 0.538. The minimum absolute atomic E-state index is 0.283. The van der Waals surface area contributed by atoms with E-state index in [9.17, 15) is 4.79 Å². The lowest BCUT2D eigenvalue weighted by Crippen LogP contribution is -2.13. The van der Waals surface area contributed by atoms with Gasteiger partial charge in [0.1, 0.15) is 6.61 Å². The van der Waals surface area contributed by atoms with Crippen molar-refractivity contribution in [1.29, 1.82) is 0 Å². The van der Waals surface area contributed by atoms with E-state index in [2.05, 4.69) is 20.3 Å². The SMILES string of the molecule is NC(=O)OCCC#CI. The highest BCUT2D eigenvalue weighted by atomic mass is 127. The van der Waals surface area contributed by atoms with Crippen molar-refractivity contribution >= 4 is 28.7 Å². The summed E-state index contributed by atoms with van der Waals surface area (Å²) < 4.78 is 7.01. The molecule has 2 N–H and O–H groups in total. The molecule has 1 amide bonds. The summed E-state index contributed by atoms with van der Waals surface area (Å²) in [6.45, 7) is 0.283. The highest BCUT2D eigenvalue weighted by molar-refractivity contribution is 14.1. The van der Waals surface area contributed by atoms with Crippen molar-refractivity contribution in [2.45, 2.75) is 6.42 Å². The van der Waals surface area contributed by atoms with Crippen LogP contribution in [0.25, 0.3) is 0 Å². The second kappa shape index (κ2) is 5.69. The van der Waals surface area contributed by atoms with Crippen LogP contribution in [0.5, 0.6) is 0 Å². The number of ether oxygens (including phenoxy) is 1. The molecule has 0 saturated heterocycles. The first-order chi connectivity index (χ1) is 4.27. The molecule has 0 bridgehead atoms. The number of hydrogen-bond acceptors (Lipinski definition) is 2. The fraction of sp³-hybridized carbons (Fsp3) is 0.400. The molecule has 0 radical (unpaired) electrons. The van der Waals surface area contributed by atoms with E-state index in [0.717, 1.165) is 0 Å². The molecule has 0 aliphatic rings. The Balaban J connectivity index is 3.07. The molecular formula is C5H6INO2. The summed E-state index contributed by atoms with van der Waals surface area (Å²) in [5, 5.41) is 0. The second-order valence-electron chi connectivity index (χ2n) is 1.19. The fourth-order valence-electron chi connectivity index (χ4n) is 0.250. The van der Waals surface area contributed by atoms with Gasteiger partial charge in [-0.15, -0.1) is 0 Å². The maximum Gasteiger partial charge on any atom is 0.404 e. The van der Waals surface area contributed by atoms with Crippen LogP contribution in [0.3, 0.4) is 0 Å². The van der Waals surface area contributed by atoms with Crippen LogP contribution in [0.1, 0.15) is 6.42 Å². The number of amides is 1. The van der Waals surface area contributed by atoms with Gasteiger partial charge in [-0.1, -0.05) is 5.92 Å². The molecule has 0 unspecified atom stereocenters. The van der Waals surface area contributed by atoms with Crippen LogP contribution in [-0.4, -0.2) is 12.7 Å². The molecule has 0 aliphatic heterocycles. The molecule has 0 rings (SSSR count). The Labute approximate surface area is 67.1 Å². The Kier molecular flexibility index (Phi) is 5.41. The van der Waals surface area contributed by atoms with Gasteiger partial charge in [0.15, 0.2) is 0 Å². The largest absolute Gasteiger partial charge is 0.449 e. The van der Waals surface area contributed by atoms with Gasteiger partial charge >= 0.3 is 6.09 Å². The predicted octanol–water partition coefficient (Wildman–Crippen LogP) is 0.868. The first kappa shape index (κ1) is 8.56. The average Bonchev–Trinajstić information content (AvgIpc) is 1.80. The monoisotopic (exact) mass is 239 g/mol. The molecule has 3 nitrogen and oxygen atoms in total. The topological polar surface area (TPSA) is 52.3 Å². The predicted molar refractivity (Wildman–Crippen MR) is 41.9 cm³/mol. The highest BCUT2D eigenvalue weighted by Gasteiger charge is 1.88. The zero-order valence-electron chi connectivity index (χ0n) is 4.69. The summed E-state index contributed by atoms with van der Waals surface area (Å²) in [5.41, 5.74) is 4.66. The van der Waals surface area contributed by atoms with Crippen LogP contribution >= 0.6 is 22.6 Å². The van der Waals surface area contributed by atoms with E-state index in [1.807, 2.05) is 22.6 Å². The smallest absolute Gasteiger partial charge is 0.404 e. The number of carbonyl (C=O) groups is 1. The van der Waals surface area contributed by atoms with Crippen LogP contribution in [0.15, 0.2) is 0 Å². The van der Waals surface area contributed by atoms with E-state index in [1.165, 1.54) is 0 Å². The highest BCUT2D eigenvalue weighted by Crippen LogP contribution is 1.80. The van der Waals surface area contributed by atoms with Crippen molar-refractivity contribution in [3.8, 4) is 9.85 Å². The van der Waals surface area contributed by atoms with Gasteiger partial charge in [-0.25, -0.2) is 4.79 Å². The van der Waals surface area contributed by atoms with Gasteiger partial charge in [0, 0.05) is 29.0 Å². The average molecular weight is 239 g/mol. The summed E-state index contributed by atoms with van der Waals surface area (Å²) in [6.07, 6.45) is -0.198. The van der Waals surface area contributed by atoms with E-state index in [0.29, 0.717) is 6.42 Å². The zero-order chi connectivity index (χ0) is 7.11. The van der Waals surface area contributed by atoms with Crippen LogP contribution in [-0.2, 0) is 4.74 Å². The van der Waals surface area contributed by atoms with Crippen molar-refractivity contribution in [1.82, 2.24) is 0 Å². The first-order valence-corrected chi connectivity index (χ1v) is 3.36. The number of halogens is 1. The molecule has 0 fully saturated rings. The molecule has 50 valence electrons. The maximum atomic E-state index is 9.91. The molecule has 0 aromatic heterocycles. The van der Waals surface area contributed by atoms with Crippen molar-refractivity contribution in [2.75, 3.05) is 6.61 Å². The molecule has 0 saturated carbocycles. The number of nitrogens with two attached hydrogens (primary N) is 1. The molecule has 0 atom stereocenters. The molecule has 0 heterocycles. The Hall–Kier alpha value is -0.440. The summed E-state index contributed by atoms with van der Waals surface area (Å²) in [7, 11) is 0. The van der Waals surface area contributed by atoms with Crippen molar-refractivity contribution in [3.05, 3.63) is 0 Å². The second-order valence-corrected chi connectivity index (χ2v) is 1.73. The van der Waals surface area contributed by atoms with Crippen LogP contribution < -0.4 is 5.73 Å². The molecule has 0 aromatic carbocycles. The van der Waals surface area contributed by atoms with Crippen molar-refractivity contribution in [3.63, 3.8) is 0 Å². The fourth-order valence-corrected chi connectivity index (χ4v) is 0.520. The number of rotatable bonds is 2. The summed E-state index contributed by atoms with van der Waals surface area (Å²) in [6, 6.07) is 0. The van der Waals surface area contributed by atoms with Gasteiger partial charge in [-0.2, -0.15) is 0 Å². The Morgan fingerprint density at radius 2 is 2.44 bits per heavy atom. The summed E-state index contributed by atoms with van der Waals surface area (Å²) >= 11 is 1.91.